The van der Waals surface area contributed by atoms with Gasteiger partial charge in [0.1, 0.15) is 0 Å². The van der Waals surface area contributed by atoms with E-state index in [0.717, 1.165) is 11.1 Å². The second-order valence-corrected chi connectivity index (χ2v) is 4.54. The smallest absolute Gasteiger partial charge is 0.251 e. The summed E-state index contributed by atoms with van der Waals surface area (Å²) in [5.41, 5.74) is 8.73. The van der Waals surface area contributed by atoms with Crippen molar-refractivity contribution in [2.45, 2.75) is 6.92 Å². The maximum atomic E-state index is 12.1. The van der Waals surface area contributed by atoms with Crippen LogP contribution < -0.4 is 11.1 Å². The Labute approximate surface area is 124 Å². The fourth-order valence-corrected chi connectivity index (χ4v) is 1.94. The molecule has 110 valence electrons. The van der Waals surface area contributed by atoms with Crippen molar-refractivity contribution >= 4 is 11.6 Å². The molecule has 21 heavy (non-hydrogen) atoms. The lowest BCUT2D eigenvalue weighted by Crippen LogP contribution is -2.27. The van der Waals surface area contributed by atoms with Gasteiger partial charge in [-0.05, 0) is 30.7 Å². The van der Waals surface area contributed by atoms with Crippen molar-refractivity contribution in [1.82, 2.24) is 10.3 Å². The molecule has 0 bridgehead atoms. The van der Waals surface area contributed by atoms with E-state index in [4.69, 9.17) is 10.5 Å². The molecule has 0 saturated carbocycles. The number of hydrogen-bond donors (Lipinski definition) is 2. The first-order valence-electron chi connectivity index (χ1n) is 6.87. The van der Waals surface area contributed by atoms with Crippen LogP contribution in [0.1, 0.15) is 17.3 Å². The van der Waals surface area contributed by atoms with E-state index in [1.807, 2.05) is 31.2 Å². The molecule has 1 heterocycles. The standard InChI is InChI=1S/C16H19N3O2/c1-2-21-7-6-19-16(20)13-5-3-4-12(8-13)14-9-15(17)11-18-10-14/h3-5,8-11H,2,6-7,17H2,1H3,(H,19,20). The number of pyridine rings is 1. The highest BCUT2D eigenvalue weighted by atomic mass is 16.5. The molecule has 0 unspecified atom stereocenters. The molecule has 0 spiro atoms. The zero-order valence-corrected chi connectivity index (χ0v) is 12.0. The minimum absolute atomic E-state index is 0.117. The summed E-state index contributed by atoms with van der Waals surface area (Å²) in [7, 11) is 0. The van der Waals surface area contributed by atoms with Crippen molar-refractivity contribution in [3.63, 3.8) is 0 Å². The number of anilines is 1. The number of nitrogens with two attached hydrogens (primary N) is 1. The number of carbonyl (C=O) groups excluding carboxylic acids is 1. The Bertz CT molecular complexity index is 614. The van der Waals surface area contributed by atoms with E-state index in [9.17, 15) is 4.79 Å². The van der Waals surface area contributed by atoms with Gasteiger partial charge in [-0.15, -0.1) is 0 Å². The zero-order valence-electron chi connectivity index (χ0n) is 12.0. The summed E-state index contributed by atoms with van der Waals surface area (Å²) in [5.74, 6) is -0.117. The molecule has 0 aliphatic carbocycles. The molecule has 1 aromatic heterocycles. The van der Waals surface area contributed by atoms with Crippen LogP contribution in [0.3, 0.4) is 0 Å². The molecule has 2 rings (SSSR count). The molecule has 0 fully saturated rings. The molecule has 0 radical (unpaired) electrons. The first-order chi connectivity index (χ1) is 10.2. The van der Waals surface area contributed by atoms with Crippen molar-refractivity contribution in [3.8, 4) is 11.1 Å². The number of ether oxygens (including phenoxy) is 1. The SMILES string of the molecule is CCOCCNC(=O)c1cccc(-c2cncc(N)c2)c1. The Balaban J connectivity index is 2.09. The predicted molar refractivity (Wildman–Crippen MR) is 82.9 cm³/mol. The molecule has 0 saturated heterocycles. The number of hydrogen-bond acceptors (Lipinski definition) is 4. The summed E-state index contributed by atoms with van der Waals surface area (Å²) in [6.07, 6.45) is 3.32. The maximum Gasteiger partial charge on any atom is 0.251 e. The van der Waals surface area contributed by atoms with Crippen molar-refractivity contribution in [3.05, 3.63) is 48.3 Å². The van der Waals surface area contributed by atoms with Gasteiger partial charge >= 0.3 is 0 Å². The number of aromatic nitrogens is 1. The van der Waals surface area contributed by atoms with Gasteiger partial charge in [-0.1, -0.05) is 12.1 Å². The minimum Gasteiger partial charge on any atom is -0.397 e. The predicted octanol–water partition coefficient (Wildman–Crippen LogP) is 2.10. The molecule has 3 N–H and O–H groups in total. The number of nitrogens with one attached hydrogen (secondary N) is 1. The van der Waals surface area contributed by atoms with Gasteiger partial charge in [0.15, 0.2) is 0 Å². The highest BCUT2D eigenvalue weighted by Crippen LogP contribution is 2.21. The van der Waals surface area contributed by atoms with Gasteiger partial charge in [0.2, 0.25) is 0 Å². The fraction of sp³-hybridized carbons (Fsp3) is 0.250. The molecular weight excluding hydrogens is 266 g/mol. The van der Waals surface area contributed by atoms with E-state index >= 15 is 0 Å². The summed E-state index contributed by atoms with van der Waals surface area (Å²) in [5, 5.41) is 2.82. The molecular formula is C16H19N3O2. The minimum atomic E-state index is -0.117. The lowest BCUT2D eigenvalue weighted by Gasteiger charge is -2.07. The number of amides is 1. The van der Waals surface area contributed by atoms with E-state index in [2.05, 4.69) is 10.3 Å². The lowest BCUT2D eigenvalue weighted by atomic mass is 10.0. The van der Waals surface area contributed by atoms with Crippen LogP contribution in [0, 0.1) is 0 Å². The Morgan fingerprint density at radius 2 is 2.14 bits per heavy atom. The van der Waals surface area contributed by atoms with E-state index in [1.54, 1.807) is 18.5 Å². The van der Waals surface area contributed by atoms with Crippen LogP contribution in [0.25, 0.3) is 11.1 Å². The van der Waals surface area contributed by atoms with Gasteiger partial charge < -0.3 is 15.8 Å². The highest BCUT2D eigenvalue weighted by Gasteiger charge is 2.07. The number of nitrogen functional groups attached to an aromatic ring is 1. The summed E-state index contributed by atoms with van der Waals surface area (Å²) in [6, 6.07) is 9.20. The quantitative estimate of drug-likeness (QED) is 0.797. The van der Waals surface area contributed by atoms with Crippen molar-refractivity contribution in [2.24, 2.45) is 0 Å². The largest absolute Gasteiger partial charge is 0.397 e. The maximum absolute atomic E-state index is 12.1. The third-order valence-corrected chi connectivity index (χ3v) is 2.95. The average molecular weight is 285 g/mol. The normalized spacial score (nSPS) is 10.3. The van der Waals surface area contributed by atoms with E-state index in [-0.39, 0.29) is 5.91 Å². The highest BCUT2D eigenvalue weighted by molar-refractivity contribution is 5.95. The van der Waals surface area contributed by atoms with E-state index in [0.29, 0.717) is 31.0 Å². The van der Waals surface area contributed by atoms with Crippen LogP contribution in [0.15, 0.2) is 42.7 Å². The Morgan fingerprint density at radius 3 is 2.90 bits per heavy atom. The van der Waals surface area contributed by atoms with Gasteiger partial charge in [-0.2, -0.15) is 0 Å². The van der Waals surface area contributed by atoms with E-state index < -0.39 is 0 Å². The van der Waals surface area contributed by atoms with Crippen molar-refractivity contribution < 1.29 is 9.53 Å². The van der Waals surface area contributed by atoms with Gasteiger partial charge in [0, 0.05) is 36.7 Å². The number of rotatable bonds is 6. The summed E-state index contributed by atoms with van der Waals surface area (Å²) in [6.45, 7) is 3.58. The third kappa shape index (κ3) is 4.29. The van der Waals surface area contributed by atoms with Crippen LogP contribution in [0.4, 0.5) is 5.69 Å². The first-order valence-corrected chi connectivity index (χ1v) is 6.87. The number of carbonyl (C=O) groups is 1. The Morgan fingerprint density at radius 1 is 1.29 bits per heavy atom. The van der Waals surface area contributed by atoms with Crippen LogP contribution in [-0.2, 0) is 4.74 Å². The van der Waals surface area contributed by atoms with Crippen LogP contribution in [-0.4, -0.2) is 30.6 Å². The van der Waals surface area contributed by atoms with Crippen LogP contribution in [0.5, 0.6) is 0 Å². The number of benzene rings is 1. The molecule has 1 aromatic carbocycles. The van der Waals surface area contributed by atoms with Gasteiger partial charge in [-0.3, -0.25) is 9.78 Å². The lowest BCUT2D eigenvalue weighted by molar-refractivity contribution is 0.0922. The molecule has 5 heteroatoms. The van der Waals surface area contributed by atoms with Crippen molar-refractivity contribution in [2.75, 3.05) is 25.5 Å². The first kappa shape index (κ1) is 15.0. The summed E-state index contributed by atoms with van der Waals surface area (Å²) < 4.78 is 5.19. The molecule has 0 atom stereocenters. The zero-order chi connectivity index (χ0) is 15.1. The third-order valence-electron chi connectivity index (χ3n) is 2.95. The van der Waals surface area contributed by atoms with Crippen LogP contribution >= 0.6 is 0 Å². The summed E-state index contributed by atoms with van der Waals surface area (Å²) >= 11 is 0. The fourth-order valence-electron chi connectivity index (χ4n) is 1.94. The van der Waals surface area contributed by atoms with Gasteiger partial charge in [-0.25, -0.2) is 0 Å². The average Bonchev–Trinajstić information content (AvgIpc) is 2.51. The topological polar surface area (TPSA) is 77.2 Å². The second kappa shape index (κ2) is 7.40. The van der Waals surface area contributed by atoms with Crippen LogP contribution in [0.2, 0.25) is 0 Å². The monoisotopic (exact) mass is 285 g/mol. The van der Waals surface area contributed by atoms with E-state index in [1.165, 1.54) is 0 Å². The second-order valence-electron chi connectivity index (χ2n) is 4.54. The molecule has 2 aromatic rings. The van der Waals surface area contributed by atoms with Gasteiger partial charge in [0.25, 0.3) is 5.91 Å². The van der Waals surface area contributed by atoms with Gasteiger partial charge in [0.05, 0.1) is 12.3 Å². The molecule has 1 amide bonds. The number of nitrogens with zero attached hydrogens (tertiary/aromatic N) is 1. The molecule has 0 aliphatic rings. The Hall–Kier alpha value is -2.40. The Kier molecular flexibility index (Phi) is 5.29. The molecule has 5 nitrogen and oxygen atoms in total. The molecule has 0 aliphatic heterocycles. The summed E-state index contributed by atoms with van der Waals surface area (Å²) in [4.78, 5) is 16.1. The van der Waals surface area contributed by atoms with Crippen molar-refractivity contribution in [1.29, 1.82) is 0 Å².